The van der Waals surface area contributed by atoms with E-state index in [9.17, 15) is 9.36 Å². The zero-order chi connectivity index (χ0) is 10.8. The van der Waals surface area contributed by atoms with Gasteiger partial charge in [-0.1, -0.05) is 0 Å². The average molecular weight is 241 g/mol. The van der Waals surface area contributed by atoms with E-state index >= 15 is 0 Å². The number of thiol groups is 1. The van der Waals surface area contributed by atoms with E-state index in [1.165, 1.54) is 0 Å². The average Bonchev–Trinajstić information content (AvgIpc) is 2.52. The van der Waals surface area contributed by atoms with Crippen LogP contribution in [0.5, 0.6) is 0 Å². The van der Waals surface area contributed by atoms with E-state index in [2.05, 4.69) is 22.2 Å². The van der Waals surface area contributed by atoms with Gasteiger partial charge in [0.25, 0.3) is 0 Å². The number of aliphatic carboxylic acids is 1. The number of hydrogen-bond acceptors (Lipinski definition) is 5. The Hall–Kier alpha value is -0.0700. The Labute approximate surface area is 86.8 Å². The molecule has 1 aliphatic heterocycles. The molecule has 1 fully saturated rings. The highest BCUT2D eigenvalue weighted by Crippen LogP contribution is 2.46. The summed E-state index contributed by atoms with van der Waals surface area (Å²) in [5, 5.41) is 11.4. The number of carboxylic acids is 1. The van der Waals surface area contributed by atoms with Crippen LogP contribution in [0.3, 0.4) is 0 Å². The summed E-state index contributed by atoms with van der Waals surface area (Å²) in [7, 11) is -3.65. The summed E-state index contributed by atoms with van der Waals surface area (Å²) in [5.41, 5.74) is 0. The van der Waals surface area contributed by atoms with Crippen LogP contribution in [-0.2, 0) is 13.3 Å². The summed E-state index contributed by atoms with van der Waals surface area (Å²) in [5.74, 6) is -1.09. The van der Waals surface area contributed by atoms with Crippen LogP contribution in [0.15, 0.2) is 0 Å². The van der Waals surface area contributed by atoms with Crippen LogP contribution in [0, 0.1) is 5.92 Å². The quantitative estimate of drug-likeness (QED) is 0.316. The minimum atomic E-state index is -3.65. The van der Waals surface area contributed by atoms with Gasteiger partial charge in [-0.15, -0.1) is 0 Å². The molecule has 6 nitrogen and oxygen atoms in total. The highest BCUT2D eigenvalue weighted by Gasteiger charge is 2.34. The van der Waals surface area contributed by atoms with Crippen LogP contribution in [0.1, 0.15) is 6.42 Å². The summed E-state index contributed by atoms with van der Waals surface area (Å²) in [6.45, 7) is 0.415. The Morgan fingerprint density at radius 3 is 2.79 bits per heavy atom. The fraction of sp³-hybridized carbons (Fsp3) is 0.833. The molecule has 0 spiro atoms. The largest absolute Gasteiger partial charge is 0.480 e. The van der Waals surface area contributed by atoms with Crippen molar-refractivity contribution in [1.29, 1.82) is 0 Å². The first-order valence-electron chi connectivity index (χ1n) is 4.06. The lowest BCUT2D eigenvalue weighted by molar-refractivity contribution is -0.139. The van der Waals surface area contributed by atoms with Crippen molar-refractivity contribution in [3.8, 4) is 0 Å². The van der Waals surface area contributed by atoms with Gasteiger partial charge in [0.15, 0.2) is 0 Å². The maximum atomic E-state index is 11.1. The van der Waals surface area contributed by atoms with E-state index in [1.807, 2.05) is 0 Å². The lowest BCUT2D eigenvalue weighted by atomic mass is 10.1. The molecule has 0 saturated carbocycles. The number of nitrogens with one attached hydrogen (secondary N) is 1. The van der Waals surface area contributed by atoms with Gasteiger partial charge in [0.1, 0.15) is 6.04 Å². The van der Waals surface area contributed by atoms with Gasteiger partial charge in [0.2, 0.25) is 0 Å². The molecule has 0 aliphatic carbocycles. The summed E-state index contributed by atoms with van der Waals surface area (Å²) >= 11 is 3.29. The van der Waals surface area contributed by atoms with E-state index in [0.717, 1.165) is 0 Å². The van der Waals surface area contributed by atoms with Crippen LogP contribution in [-0.4, -0.2) is 34.7 Å². The van der Waals surface area contributed by atoms with E-state index in [-0.39, 0.29) is 12.1 Å². The molecular weight excluding hydrogens is 229 g/mol. The van der Waals surface area contributed by atoms with Gasteiger partial charge < -0.3 is 15.3 Å². The Morgan fingerprint density at radius 2 is 2.36 bits per heavy atom. The molecule has 3 N–H and O–H groups in total. The normalized spacial score (nSPS) is 31.3. The third-order valence-electron chi connectivity index (χ3n) is 2.14. The molecule has 0 aromatic heterocycles. The third-order valence-corrected chi connectivity index (χ3v) is 4.14. The monoisotopic (exact) mass is 241 g/mol. The highest BCUT2D eigenvalue weighted by molar-refractivity contribution is 7.81. The van der Waals surface area contributed by atoms with Gasteiger partial charge >= 0.3 is 13.6 Å². The zero-order valence-corrected chi connectivity index (χ0v) is 9.08. The van der Waals surface area contributed by atoms with E-state index in [1.54, 1.807) is 0 Å². The fourth-order valence-electron chi connectivity index (χ4n) is 1.50. The standard InChI is InChI=1S/C6H12NO5PS/c8-6(9)5-1-4(2-7-5)3-13(10,11)12-14/h4-5,7,14H,1-3H2,(H,8,9)(H,10,11)/t4-,5-/m0/s1. The van der Waals surface area contributed by atoms with E-state index in [0.29, 0.717) is 13.0 Å². The number of carboxylic acid groups (broad SMARTS) is 1. The molecule has 0 radical (unpaired) electrons. The van der Waals surface area contributed by atoms with Crippen molar-refractivity contribution in [2.45, 2.75) is 12.5 Å². The van der Waals surface area contributed by atoms with Gasteiger partial charge in [-0.05, 0) is 31.8 Å². The first-order chi connectivity index (χ1) is 6.44. The van der Waals surface area contributed by atoms with Gasteiger partial charge in [-0.25, -0.2) is 3.97 Å². The Bertz CT molecular complexity index is 273. The minimum absolute atomic E-state index is 0.0622. The van der Waals surface area contributed by atoms with Crippen molar-refractivity contribution in [2.24, 2.45) is 5.92 Å². The first-order valence-corrected chi connectivity index (χ1v) is 6.18. The molecule has 3 atom stereocenters. The van der Waals surface area contributed by atoms with Crippen LogP contribution in [0.2, 0.25) is 0 Å². The molecule has 0 amide bonds. The van der Waals surface area contributed by atoms with Crippen molar-refractivity contribution in [1.82, 2.24) is 5.32 Å². The van der Waals surface area contributed by atoms with Crippen molar-refractivity contribution in [3.63, 3.8) is 0 Å². The predicted molar refractivity (Wildman–Crippen MR) is 52.3 cm³/mol. The molecule has 8 heteroatoms. The van der Waals surface area contributed by atoms with Crippen molar-refractivity contribution in [3.05, 3.63) is 0 Å². The molecule has 14 heavy (non-hydrogen) atoms. The summed E-state index contributed by atoms with van der Waals surface area (Å²) in [4.78, 5) is 19.6. The molecule has 1 saturated heterocycles. The SMILES string of the molecule is O=C(O)[C@@H]1C[C@H](CP(=O)(O)OS)CN1. The Kier molecular flexibility index (Phi) is 3.97. The lowest BCUT2D eigenvalue weighted by Gasteiger charge is -2.11. The van der Waals surface area contributed by atoms with Gasteiger partial charge in [-0.2, -0.15) is 0 Å². The van der Waals surface area contributed by atoms with Gasteiger partial charge in [-0.3, -0.25) is 9.36 Å². The van der Waals surface area contributed by atoms with E-state index in [4.69, 9.17) is 10.00 Å². The van der Waals surface area contributed by atoms with Crippen molar-refractivity contribution < 1.29 is 23.3 Å². The van der Waals surface area contributed by atoms with Gasteiger partial charge in [0, 0.05) is 0 Å². The molecular formula is C6H12NO5PS. The number of carbonyl (C=O) groups is 1. The van der Waals surface area contributed by atoms with Crippen LogP contribution in [0.4, 0.5) is 0 Å². The minimum Gasteiger partial charge on any atom is -0.480 e. The summed E-state index contributed by atoms with van der Waals surface area (Å²) in [6.07, 6.45) is 0.282. The van der Waals surface area contributed by atoms with Crippen LogP contribution in [0.25, 0.3) is 0 Å². The topological polar surface area (TPSA) is 95.9 Å². The maximum absolute atomic E-state index is 11.1. The first kappa shape index (κ1) is 12.0. The third kappa shape index (κ3) is 3.25. The maximum Gasteiger partial charge on any atom is 0.339 e. The molecule has 0 aromatic rings. The van der Waals surface area contributed by atoms with Crippen LogP contribution < -0.4 is 5.32 Å². The van der Waals surface area contributed by atoms with Crippen molar-refractivity contribution >= 4 is 26.5 Å². The Balaban J connectivity index is 2.44. The fourth-order valence-corrected chi connectivity index (χ4v) is 2.69. The Morgan fingerprint density at radius 1 is 1.71 bits per heavy atom. The molecule has 0 bridgehead atoms. The van der Waals surface area contributed by atoms with Gasteiger partial charge in [0.05, 0.1) is 6.16 Å². The second-order valence-electron chi connectivity index (χ2n) is 3.30. The molecule has 1 heterocycles. The van der Waals surface area contributed by atoms with Crippen LogP contribution >= 0.6 is 20.5 Å². The molecule has 82 valence electrons. The van der Waals surface area contributed by atoms with Crippen molar-refractivity contribution in [2.75, 3.05) is 12.7 Å². The number of rotatable bonds is 4. The number of hydrogen-bond donors (Lipinski definition) is 4. The second-order valence-corrected chi connectivity index (χ2v) is 5.60. The predicted octanol–water partition coefficient (Wildman–Crippen LogP) is 0.0959. The molecule has 1 aliphatic rings. The molecule has 1 rings (SSSR count). The van der Waals surface area contributed by atoms with E-state index < -0.39 is 19.6 Å². The summed E-state index contributed by atoms with van der Waals surface area (Å²) in [6, 6.07) is -0.625. The highest BCUT2D eigenvalue weighted by atomic mass is 32.1. The lowest BCUT2D eigenvalue weighted by Crippen LogP contribution is -2.29. The summed E-state index contributed by atoms with van der Waals surface area (Å²) < 4.78 is 15.2. The second kappa shape index (κ2) is 4.63. The smallest absolute Gasteiger partial charge is 0.339 e. The zero-order valence-electron chi connectivity index (χ0n) is 7.29. The molecule has 1 unspecified atom stereocenters. The molecule has 0 aromatic carbocycles.